The highest BCUT2D eigenvalue weighted by molar-refractivity contribution is 6.05. The lowest BCUT2D eigenvalue weighted by atomic mass is 10.1. The standard InChI is InChI=1S/C15H16F2N4O/c1-15(2,3)21-8-12(18-19-21)14(22)20-5-4-9-6-10(16)11(17)7-13(9)20/h6-8H,4-5H2,1-3H3. The van der Waals surface area contributed by atoms with Crippen LogP contribution in [0.1, 0.15) is 36.8 Å². The molecule has 0 aliphatic carbocycles. The van der Waals surface area contributed by atoms with Crippen LogP contribution in [0.15, 0.2) is 18.3 Å². The molecule has 0 N–H and O–H groups in total. The molecule has 1 amide bonds. The van der Waals surface area contributed by atoms with Gasteiger partial charge in [0.25, 0.3) is 5.91 Å². The Hall–Kier alpha value is -2.31. The van der Waals surface area contributed by atoms with E-state index >= 15 is 0 Å². The van der Waals surface area contributed by atoms with Gasteiger partial charge in [0.05, 0.1) is 17.4 Å². The van der Waals surface area contributed by atoms with Crippen LogP contribution < -0.4 is 4.90 Å². The van der Waals surface area contributed by atoms with Crippen LogP contribution in [-0.4, -0.2) is 27.4 Å². The first-order valence-electron chi connectivity index (χ1n) is 7.00. The molecule has 5 nitrogen and oxygen atoms in total. The molecule has 1 aliphatic heterocycles. The molecule has 0 spiro atoms. The highest BCUT2D eigenvalue weighted by atomic mass is 19.2. The second kappa shape index (κ2) is 4.86. The van der Waals surface area contributed by atoms with E-state index in [4.69, 9.17) is 0 Å². The van der Waals surface area contributed by atoms with E-state index in [1.54, 1.807) is 10.9 Å². The molecule has 116 valence electrons. The van der Waals surface area contributed by atoms with E-state index < -0.39 is 11.6 Å². The fraction of sp³-hybridized carbons (Fsp3) is 0.400. The van der Waals surface area contributed by atoms with E-state index in [2.05, 4.69) is 10.3 Å². The highest BCUT2D eigenvalue weighted by Gasteiger charge is 2.29. The molecule has 22 heavy (non-hydrogen) atoms. The number of anilines is 1. The van der Waals surface area contributed by atoms with E-state index in [9.17, 15) is 13.6 Å². The molecule has 3 rings (SSSR count). The van der Waals surface area contributed by atoms with Crippen molar-refractivity contribution in [3.63, 3.8) is 0 Å². The minimum atomic E-state index is -0.961. The Balaban J connectivity index is 1.93. The lowest BCUT2D eigenvalue weighted by Crippen LogP contribution is -2.29. The number of carbonyl (C=O) groups excluding carboxylic acids is 1. The largest absolute Gasteiger partial charge is 0.306 e. The van der Waals surface area contributed by atoms with Crippen molar-refractivity contribution in [1.29, 1.82) is 0 Å². The van der Waals surface area contributed by atoms with Gasteiger partial charge in [-0.25, -0.2) is 13.5 Å². The summed E-state index contributed by atoms with van der Waals surface area (Å²) in [5, 5.41) is 7.85. The molecule has 0 atom stereocenters. The Morgan fingerprint density at radius 1 is 1.23 bits per heavy atom. The second-order valence-corrected chi connectivity index (χ2v) is 6.32. The normalized spacial score (nSPS) is 14.3. The van der Waals surface area contributed by atoms with E-state index in [1.807, 2.05) is 20.8 Å². The third-order valence-corrected chi connectivity index (χ3v) is 3.66. The van der Waals surface area contributed by atoms with Gasteiger partial charge in [-0.15, -0.1) is 5.10 Å². The van der Waals surface area contributed by atoms with Crippen LogP contribution >= 0.6 is 0 Å². The van der Waals surface area contributed by atoms with Crippen LogP contribution in [0.2, 0.25) is 0 Å². The van der Waals surface area contributed by atoms with Crippen molar-refractivity contribution in [1.82, 2.24) is 15.0 Å². The number of nitrogens with zero attached hydrogens (tertiary/aromatic N) is 4. The van der Waals surface area contributed by atoms with Crippen molar-refractivity contribution in [3.05, 3.63) is 41.2 Å². The molecule has 7 heteroatoms. The molecule has 0 radical (unpaired) electrons. The summed E-state index contributed by atoms with van der Waals surface area (Å²) in [6.45, 7) is 6.21. The van der Waals surface area contributed by atoms with Gasteiger partial charge >= 0.3 is 0 Å². The van der Waals surface area contributed by atoms with Crippen molar-refractivity contribution in [2.75, 3.05) is 11.4 Å². The summed E-state index contributed by atoms with van der Waals surface area (Å²) < 4.78 is 28.3. The van der Waals surface area contributed by atoms with Crippen LogP contribution in [0, 0.1) is 11.6 Å². The van der Waals surface area contributed by atoms with Crippen LogP contribution in [0.5, 0.6) is 0 Å². The van der Waals surface area contributed by atoms with Gasteiger partial charge in [0.15, 0.2) is 17.3 Å². The molecule has 1 aromatic carbocycles. The van der Waals surface area contributed by atoms with Crippen LogP contribution in [-0.2, 0) is 12.0 Å². The average molecular weight is 306 g/mol. The molecule has 2 aromatic rings. The zero-order valence-electron chi connectivity index (χ0n) is 12.6. The third-order valence-electron chi connectivity index (χ3n) is 3.66. The summed E-state index contributed by atoms with van der Waals surface area (Å²) in [5.74, 6) is -2.22. The van der Waals surface area contributed by atoms with Crippen LogP contribution in [0.4, 0.5) is 14.5 Å². The first-order valence-corrected chi connectivity index (χ1v) is 7.00. The number of fused-ring (bicyclic) bond motifs is 1. The summed E-state index contributed by atoms with van der Waals surface area (Å²) in [4.78, 5) is 14.0. The zero-order valence-corrected chi connectivity index (χ0v) is 12.6. The summed E-state index contributed by atoms with van der Waals surface area (Å²) >= 11 is 0. The number of hydrogen-bond acceptors (Lipinski definition) is 3. The Morgan fingerprint density at radius 2 is 1.91 bits per heavy atom. The topological polar surface area (TPSA) is 51.0 Å². The number of aromatic nitrogens is 3. The first kappa shape index (κ1) is 14.6. The molecular weight excluding hydrogens is 290 g/mol. The van der Waals surface area contributed by atoms with Crippen molar-refractivity contribution in [2.24, 2.45) is 0 Å². The predicted molar refractivity (Wildman–Crippen MR) is 76.8 cm³/mol. The number of carbonyl (C=O) groups is 1. The fourth-order valence-electron chi connectivity index (χ4n) is 2.42. The average Bonchev–Trinajstić information content (AvgIpc) is 3.05. The van der Waals surface area contributed by atoms with Gasteiger partial charge < -0.3 is 4.90 Å². The lowest BCUT2D eigenvalue weighted by molar-refractivity contribution is 0.0984. The highest BCUT2D eigenvalue weighted by Crippen LogP contribution is 2.31. The van der Waals surface area contributed by atoms with E-state index in [1.165, 1.54) is 4.90 Å². The Labute approximate surface area is 126 Å². The molecule has 0 saturated heterocycles. The number of rotatable bonds is 1. The molecule has 0 unspecified atom stereocenters. The van der Waals surface area contributed by atoms with Crippen LogP contribution in [0.3, 0.4) is 0 Å². The number of hydrogen-bond donors (Lipinski definition) is 0. The Kier molecular flexibility index (Phi) is 3.23. The smallest absolute Gasteiger partial charge is 0.280 e. The lowest BCUT2D eigenvalue weighted by Gasteiger charge is -2.18. The number of amides is 1. The molecule has 0 fully saturated rings. The van der Waals surface area contributed by atoms with Crippen LogP contribution in [0.25, 0.3) is 0 Å². The maximum atomic E-state index is 13.4. The number of benzene rings is 1. The summed E-state index contributed by atoms with van der Waals surface area (Å²) in [6, 6.07) is 2.20. The van der Waals surface area contributed by atoms with Crippen molar-refractivity contribution >= 4 is 11.6 Å². The monoisotopic (exact) mass is 306 g/mol. The van der Waals surface area contributed by atoms with Crippen molar-refractivity contribution < 1.29 is 13.6 Å². The Bertz CT molecular complexity index is 748. The molecule has 1 aromatic heterocycles. The summed E-state index contributed by atoms with van der Waals surface area (Å²) in [6.07, 6.45) is 2.06. The molecule has 0 bridgehead atoms. The first-order chi connectivity index (χ1) is 10.3. The van der Waals surface area contributed by atoms with E-state index in [0.29, 0.717) is 24.2 Å². The quantitative estimate of drug-likeness (QED) is 0.813. The van der Waals surface area contributed by atoms with Gasteiger partial charge in [-0.05, 0) is 38.8 Å². The number of halogens is 2. The maximum Gasteiger partial charge on any atom is 0.280 e. The fourth-order valence-corrected chi connectivity index (χ4v) is 2.42. The molecule has 0 saturated carbocycles. The zero-order chi connectivity index (χ0) is 16.1. The molecule has 2 heterocycles. The SMILES string of the molecule is CC(C)(C)n1cc(C(=O)N2CCc3cc(F)c(F)cc32)nn1. The van der Waals surface area contributed by atoms with Gasteiger partial charge in [-0.2, -0.15) is 0 Å². The summed E-state index contributed by atoms with van der Waals surface area (Å²) in [7, 11) is 0. The molecular formula is C15H16F2N4O. The summed E-state index contributed by atoms with van der Waals surface area (Å²) in [5.41, 5.74) is 0.918. The minimum Gasteiger partial charge on any atom is -0.306 e. The van der Waals surface area contributed by atoms with E-state index in [-0.39, 0.29) is 17.1 Å². The van der Waals surface area contributed by atoms with Gasteiger partial charge in [-0.3, -0.25) is 4.79 Å². The minimum absolute atomic E-state index is 0.188. The second-order valence-electron chi connectivity index (χ2n) is 6.32. The Morgan fingerprint density at radius 3 is 2.55 bits per heavy atom. The maximum absolute atomic E-state index is 13.4. The molecule has 1 aliphatic rings. The van der Waals surface area contributed by atoms with Crippen molar-refractivity contribution in [2.45, 2.75) is 32.7 Å². The van der Waals surface area contributed by atoms with Gasteiger partial charge in [0.2, 0.25) is 0 Å². The van der Waals surface area contributed by atoms with Gasteiger partial charge in [0.1, 0.15) is 0 Å². The van der Waals surface area contributed by atoms with Gasteiger partial charge in [-0.1, -0.05) is 5.21 Å². The predicted octanol–water partition coefficient (Wildman–Crippen LogP) is 2.51. The van der Waals surface area contributed by atoms with Crippen molar-refractivity contribution in [3.8, 4) is 0 Å². The van der Waals surface area contributed by atoms with E-state index in [0.717, 1.165) is 12.1 Å². The van der Waals surface area contributed by atoms with Gasteiger partial charge in [0, 0.05) is 12.6 Å². The third kappa shape index (κ3) is 2.36.